The van der Waals surface area contributed by atoms with Crippen LogP contribution < -0.4 is 68.9 Å². The van der Waals surface area contributed by atoms with Crippen LogP contribution in [-0.4, -0.2) is 11.4 Å². The van der Waals surface area contributed by atoms with Gasteiger partial charge in [0.05, 0.1) is 6.29 Å². The minimum atomic E-state index is -0.315. The Balaban J connectivity index is 0. The predicted octanol–water partition coefficient (Wildman–Crippen LogP) is -2.64. The molecule has 0 bridgehead atoms. The standard InChI is InChI=1S/C4H7O2.Cs/c1-4(2-5)3-6;/h2-5H,1H3;/q-1;+1/t4-;/m0./s1. The summed E-state index contributed by atoms with van der Waals surface area (Å²) in [5.74, 6) is -0.315. The second-order valence-electron chi connectivity index (χ2n) is 1.14. The molecule has 7 heavy (non-hydrogen) atoms. The zero-order valence-electron chi connectivity index (χ0n) is 4.59. The molecule has 0 saturated heterocycles. The Morgan fingerprint density at radius 1 is 1.86 bits per heavy atom. The van der Waals surface area contributed by atoms with E-state index in [0.717, 1.165) is 6.61 Å². The third-order valence-electron chi connectivity index (χ3n) is 0.450. The fourth-order valence-corrected chi connectivity index (χ4v) is 0.0351. The quantitative estimate of drug-likeness (QED) is 0.408. The topological polar surface area (TPSA) is 37.3 Å². The van der Waals surface area contributed by atoms with Gasteiger partial charge in [-0.05, 0) is 0 Å². The van der Waals surface area contributed by atoms with E-state index in [4.69, 9.17) is 5.11 Å². The molecule has 3 heteroatoms. The van der Waals surface area contributed by atoms with E-state index in [9.17, 15) is 4.79 Å². The number of hydrogen-bond acceptors (Lipinski definition) is 2. The maximum absolute atomic E-state index is 9.54. The van der Waals surface area contributed by atoms with Crippen molar-refractivity contribution in [2.24, 2.45) is 5.92 Å². The third kappa shape index (κ3) is 7.68. The fourth-order valence-electron chi connectivity index (χ4n) is 0.0351. The number of carbonyl (C=O) groups excluding carboxylic acids is 1. The molecule has 0 amide bonds. The molecule has 0 aromatic rings. The van der Waals surface area contributed by atoms with Crippen molar-refractivity contribution in [3.8, 4) is 0 Å². The molecular weight excluding hydrogens is 213 g/mol. The minimum absolute atomic E-state index is 0. The van der Waals surface area contributed by atoms with Gasteiger partial charge in [-0.15, -0.1) is 0 Å². The summed E-state index contributed by atoms with van der Waals surface area (Å²) < 4.78 is 0. The van der Waals surface area contributed by atoms with Gasteiger partial charge in [-0.3, -0.25) is 0 Å². The molecule has 0 rings (SSSR count). The largest absolute Gasteiger partial charge is 1.00 e. The summed E-state index contributed by atoms with van der Waals surface area (Å²) in [6, 6.07) is 0. The van der Waals surface area contributed by atoms with Crippen molar-refractivity contribution < 1.29 is 78.8 Å². The van der Waals surface area contributed by atoms with Crippen LogP contribution in [0.4, 0.5) is 0 Å². The van der Waals surface area contributed by atoms with Gasteiger partial charge in [0.15, 0.2) is 0 Å². The first kappa shape index (κ1) is 11.5. The molecule has 1 atom stereocenters. The Bertz CT molecular complexity index is 47.0. The zero-order chi connectivity index (χ0) is 4.99. The second-order valence-corrected chi connectivity index (χ2v) is 1.14. The maximum Gasteiger partial charge on any atom is 1.00 e. The second kappa shape index (κ2) is 7.68. The number of aliphatic hydroxyl groups is 1. The number of carbonyl (C=O) groups is 1. The summed E-state index contributed by atoms with van der Waals surface area (Å²) in [6.45, 7) is 2.46. The molecule has 1 N–H and O–H groups in total. The number of aliphatic hydroxyl groups excluding tert-OH is 1. The van der Waals surface area contributed by atoms with Crippen molar-refractivity contribution in [3.63, 3.8) is 0 Å². The summed E-state index contributed by atoms with van der Waals surface area (Å²) >= 11 is 0. The molecule has 0 spiro atoms. The van der Waals surface area contributed by atoms with Crippen LogP contribution in [0.5, 0.6) is 0 Å². The van der Waals surface area contributed by atoms with E-state index in [-0.39, 0.29) is 74.8 Å². The van der Waals surface area contributed by atoms with Gasteiger partial charge in [-0.1, -0.05) is 12.8 Å². The number of rotatable bonds is 2. The molecule has 0 unspecified atom stereocenters. The third-order valence-corrected chi connectivity index (χ3v) is 0.450. The number of aldehydes is 1. The van der Waals surface area contributed by atoms with Gasteiger partial charge in [0, 0.05) is 0 Å². The summed E-state index contributed by atoms with van der Waals surface area (Å²) in [5, 5.41) is 7.98. The summed E-state index contributed by atoms with van der Waals surface area (Å²) in [6.07, 6.45) is 0.667. The van der Waals surface area contributed by atoms with Crippen molar-refractivity contribution in [3.05, 3.63) is 6.61 Å². The van der Waals surface area contributed by atoms with Crippen molar-refractivity contribution in [1.29, 1.82) is 0 Å². The zero-order valence-corrected chi connectivity index (χ0v) is 10.9. The Kier molecular flexibility index (Phi) is 12.6. The van der Waals surface area contributed by atoms with E-state index in [1.54, 1.807) is 6.92 Å². The van der Waals surface area contributed by atoms with Gasteiger partial charge in [0.1, 0.15) is 0 Å². The van der Waals surface area contributed by atoms with Crippen LogP contribution in [0.2, 0.25) is 0 Å². The Labute approximate surface area is 102 Å². The number of hydrogen-bond donors (Lipinski definition) is 1. The molecule has 0 aliphatic heterocycles. The maximum atomic E-state index is 9.54. The van der Waals surface area contributed by atoms with Crippen molar-refractivity contribution in [2.45, 2.75) is 6.92 Å². The monoisotopic (exact) mass is 220 g/mol. The van der Waals surface area contributed by atoms with Crippen LogP contribution in [0.15, 0.2) is 0 Å². The molecule has 0 heterocycles. The Morgan fingerprint density at radius 3 is 2.29 bits per heavy atom. The van der Waals surface area contributed by atoms with E-state index in [0.29, 0.717) is 6.29 Å². The van der Waals surface area contributed by atoms with Crippen LogP contribution >= 0.6 is 0 Å². The van der Waals surface area contributed by atoms with Crippen molar-refractivity contribution in [2.75, 3.05) is 0 Å². The average Bonchev–Trinajstić information content (AvgIpc) is 1.65. The van der Waals surface area contributed by atoms with E-state index in [2.05, 4.69) is 0 Å². The molecule has 0 saturated carbocycles. The van der Waals surface area contributed by atoms with Crippen LogP contribution in [0, 0.1) is 12.5 Å². The SMILES string of the molecule is C[C@H](C=O)[CH-]O.[Cs+]. The smallest absolute Gasteiger partial charge is 0.565 e. The van der Waals surface area contributed by atoms with Gasteiger partial charge in [0.25, 0.3) is 0 Å². The van der Waals surface area contributed by atoms with Crippen LogP contribution in [0.3, 0.4) is 0 Å². The molecule has 0 fully saturated rings. The van der Waals surface area contributed by atoms with Gasteiger partial charge >= 0.3 is 68.9 Å². The first-order chi connectivity index (χ1) is 2.81. The molecule has 0 aromatic carbocycles. The van der Waals surface area contributed by atoms with E-state index < -0.39 is 0 Å². The molecule has 2 nitrogen and oxygen atoms in total. The molecule has 0 aliphatic rings. The minimum Gasteiger partial charge on any atom is -0.565 e. The molecule has 0 aliphatic carbocycles. The molecular formula is C4H7CsO2. The van der Waals surface area contributed by atoms with Gasteiger partial charge in [-0.2, -0.15) is 0 Å². The van der Waals surface area contributed by atoms with Gasteiger partial charge in [-0.25, -0.2) is 6.61 Å². The Morgan fingerprint density at radius 2 is 2.29 bits per heavy atom. The normalized spacial score (nSPS) is 11.7. The first-order valence-electron chi connectivity index (χ1n) is 1.74. The summed E-state index contributed by atoms with van der Waals surface area (Å²) in [4.78, 5) is 9.54. The van der Waals surface area contributed by atoms with Gasteiger partial charge in [0.2, 0.25) is 0 Å². The first-order valence-corrected chi connectivity index (χ1v) is 1.74. The van der Waals surface area contributed by atoms with Crippen molar-refractivity contribution >= 4 is 6.29 Å². The summed E-state index contributed by atoms with van der Waals surface area (Å²) in [7, 11) is 0. The fraction of sp³-hybridized carbons (Fsp3) is 0.500. The van der Waals surface area contributed by atoms with Crippen LogP contribution in [-0.2, 0) is 4.79 Å². The van der Waals surface area contributed by atoms with Crippen LogP contribution in [0.25, 0.3) is 0 Å². The van der Waals surface area contributed by atoms with E-state index in [1.807, 2.05) is 0 Å². The molecule has 36 valence electrons. The van der Waals surface area contributed by atoms with E-state index in [1.165, 1.54) is 0 Å². The van der Waals surface area contributed by atoms with Crippen molar-refractivity contribution in [1.82, 2.24) is 0 Å². The predicted molar refractivity (Wildman–Crippen MR) is 21.5 cm³/mol. The average molecular weight is 220 g/mol. The van der Waals surface area contributed by atoms with Crippen LogP contribution in [0.1, 0.15) is 6.92 Å². The Hall–Kier alpha value is 1.68. The van der Waals surface area contributed by atoms with Gasteiger partial charge < -0.3 is 9.90 Å². The molecule has 0 aromatic heterocycles. The van der Waals surface area contributed by atoms with E-state index >= 15 is 0 Å². The molecule has 0 radical (unpaired) electrons. The summed E-state index contributed by atoms with van der Waals surface area (Å²) in [5.41, 5.74) is 0.